The summed E-state index contributed by atoms with van der Waals surface area (Å²) in [6.07, 6.45) is 0. The van der Waals surface area contributed by atoms with Crippen molar-refractivity contribution in [2.24, 2.45) is 0 Å². The van der Waals surface area contributed by atoms with Gasteiger partial charge in [-0.05, 0) is 30.7 Å². The Morgan fingerprint density at radius 2 is 1.94 bits per heavy atom. The second-order valence-electron chi connectivity index (χ2n) is 7.02. The van der Waals surface area contributed by atoms with Gasteiger partial charge in [0.25, 0.3) is 5.91 Å². The molecule has 1 aliphatic heterocycles. The molecule has 0 aliphatic carbocycles. The molecule has 4 rings (SSSR count). The number of carbonyl (C=O) groups excluding carboxylic acids is 3. The van der Waals surface area contributed by atoms with Gasteiger partial charge < -0.3 is 10.6 Å². The van der Waals surface area contributed by atoms with E-state index in [1.54, 1.807) is 37.3 Å². The number of nitrogens with one attached hydrogen (secondary N) is 2. The first-order chi connectivity index (χ1) is 14.8. The summed E-state index contributed by atoms with van der Waals surface area (Å²) in [5.41, 5.74) is -0.562. The van der Waals surface area contributed by atoms with E-state index in [0.717, 1.165) is 34.4 Å². The first-order valence-corrected chi connectivity index (χ1v) is 10.1. The maximum Gasteiger partial charge on any atom is 0.325 e. The Kier molecular flexibility index (Phi) is 5.24. The number of anilines is 1. The molecule has 1 atom stereocenters. The number of nitrogens with zero attached hydrogens (tertiary/aromatic N) is 2. The number of halogens is 2. The van der Waals surface area contributed by atoms with E-state index >= 15 is 0 Å². The number of rotatable bonds is 5. The van der Waals surface area contributed by atoms with Crippen LogP contribution in [0.15, 0.2) is 53.9 Å². The van der Waals surface area contributed by atoms with Gasteiger partial charge in [-0.3, -0.25) is 14.5 Å². The molecule has 2 heterocycles. The zero-order chi connectivity index (χ0) is 22.2. The van der Waals surface area contributed by atoms with Crippen molar-refractivity contribution in [3.8, 4) is 11.3 Å². The van der Waals surface area contributed by atoms with Crippen LogP contribution in [0.4, 0.5) is 18.7 Å². The van der Waals surface area contributed by atoms with E-state index < -0.39 is 41.6 Å². The van der Waals surface area contributed by atoms with Gasteiger partial charge in [-0.1, -0.05) is 30.3 Å². The normalized spacial score (nSPS) is 18.2. The molecule has 0 bridgehead atoms. The van der Waals surface area contributed by atoms with Gasteiger partial charge in [-0.25, -0.2) is 18.6 Å². The topological polar surface area (TPSA) is 91.4 Å². The molecule has 1 aliphatic rings. The molecular formula is C21H16F2N4O3S. The summed E-state index contributed by atoms with van der Waals surface area (Å²) in [4.78, 5) is 42.5. The minimum absolute atomic E-state index is 0.0375. The van der Waals surface area contributed by atoms with Gasteiger partial charge in [-0.2, -0.15) is 0 Å². The fourth-order valence-corrected chi connectivity index (χ4v) is 3.99. The second-order valence-corrected chi connectivity index (χ2v) is 7.88. The highest BCUT2D eigenvalue weighted by molar-refractivity contribution is 7.14. The fourth-order valence-electron chi connectivity index (χ4n) is 3.26. The molecule has 7 nitrogen and oxygen atoms in total. The van der Waals surface area contributed by atoms with Crippen molar-refractivity contribution in [3.05, 3.63) is 71.1 Å². The van der Waals surface area contributed by atoms with Crippen molar-refractivity contribution < 1.29 is 23.2 Å². The largest absolute Gasteiger partial charge is 0.325 e. The van der Waals surface area contributed by atoms with Crippen LogP contribution in [0.2, 0.25) is 0 Å². The highest BCUT2D eigenvalue weighted by atomic mass is 32.1. The highest BCUT2D eigenvalue weighted by Gasteiger charge is 2.49. The average Bonchev–Trinajstić information content (AvgIpc) is 3.29. The summed E-state index contributed by atoms with van der Waals surface area (Å²) >= 11 is 1.01. The maximum atomic E-state index is 13.9. The van der Waals surface area contributed by atoms with Crippen LogP contribution in [0.5, 0.6) is 0 Å². The van der Waals surface area contributed by atoms with Crippen LogP contribution < -0.4 is 10.6 Å². The zero-order valence-electron chi connectivity index (χ0n) is 16.2. The average molecular weight is 442 g/mol. The molecular weight excluding hydrogens is 426 g/mol. The molecule has 1 fully saturated rings. The van der Waals surface area contributed by atoms with E-state index in [1.165, 1.54) is 5.38 Å². The summed E-state index contributed by atoms with van der Waals surface area (Å²) in [6.45, 7) is 1.05. The Bertz CT molecular complexity index is 1180. The molecule has 1 unspecified atom stereocenters. The molecule has 2 N–H and O–H groups in total. The predicted molar refractivity (Wildman–Crippen MR) is 110 cm³/mol. The SMILES string of the molecule is CC1(c2ccccc2)NC(=O)N(CC(=O)Nc2nc(-c3cc(F)ccc3F)cs2)C1=O. The summed E-state index contributed by atoms with van der Waals surface area (Å²) in [5.74, 6) is -2.47. The molecule has 0 saturated carbocycles. The quantitative estimate of drug-likeness (QED) is 0.592. The lowest BCUT2D eigenvalue weighted by atomic mass is 9.92. The summed E-state index contributed by atoms with van der Waals surface area (Å²) in [6, 6.07) is 11.0. The van der Waals surface area contributed by atoms with Gasteiger partial charge in [0.2, 0.25) is 5.91 Å². The van der Waals surface area contributed by atoms with E-state index in [2.05, 4.69) is 15.6 Å². The lowest BCUT2D eigenvalue weighted by molar-refractivity contribution is -0.133. The standard InChI is InChI=1S/C21H16F2N4O3S/c1-21(12-5-3-2-4-6-12)18(29)27(20(30)26-21)10-17(28)25-19-24-16(11-31-19)14-9-13(22)7-8-15(14)23/h2-9,11H,10H2,1H3,(H,26,30)(H,24,25,28). The van der Waals surface area contributed by atoms with E-state index in [9.17, 15) is 23.2 Å². The second kappa shape index (κ2) is 7.88. The maximum absolute atomic E-state index is 13.9. The first-order valence-electron chi connectivity index (χ1n) is 9.18. The van der Waals surface area contributed by atoms with Gasteiger partial charge in [0.05, 0.1) is 5.69 Å². The molecule has 0 spiro atoms. The number of amides is 4. The molecule has 1 saturated heterocycles. The van der Waals surface area contributed by atoms with Crippen molar-refractivity contribution in [3.63, 3.8) is 0 Å². The van der Waals surface area contributed by atoms with Crippen LogP contribution in [-0.2, 0) is 15.1 Å². The van der Waals surface area contributed by atoms with Crippen molar-refractivity contribution in [2.75, 3.05) is 11.9 Å². The monoisotopic (exact) mass is 442 g/mol. The van der Waals surface area contributed by atoms with Gasteiger partial charge in [-0.15, -0.1) is 11.3 Å². The fraction of sp³-hybridized carbons (Fsp3) is 0.143. The van der Waals surface area contributed by atoms with Crippen molar-refractivity contribution in [2.45, 2.75) is 12.5 Å². The number of aromatic nitrogens is 1. The van der Waals surface area contributed by atoms with Crippen LogP contribution in [0.25, 0.3) is 11.3 Å². The Labute approximate surface area is 179 Å². The number of hydrogen-bond acceptors (Lipinski definition) is 5. The summed E-state index contributed by atoms with van der Waals surface area (Å²) in [5, 5.41) is 6.69. The number of thiazole rings is 1. The van der Waals surface area contributed by atoms with E-state index in [1.807, 2.05) is 0 Å². The zero-order valence-corrected chi connectivity index (χ0v) is 17.0. The van der Waals surface area contributed by atoms with Crippen LogP contribution in [0.1, 0.15) is 12.5 Å². The number of urea groups is 1. The third-order valence-electron chi connectivity index (χ3n) is 4.88. The van der Waals surface area contributed by atoms with E-state index in [4.69, 9.17) is 0 Å². The van der Waals surface area contributed by atoms with Gasteiger partial charge >= 0.3 is 6.03 Å². The van der Waals surface area contributed by atoms with E-state index in [0.29, 0.717) is 5.56 Å². The lowest BCUT2D eigenvalue weighted by Crippen LogP contribution is -2.42. The Morgan fingerprint density at radius 1 is 1.19 bits per heavy atom. The molecule has 1 aromatic heterocycles. The summed E-state index contributed by atoms with van der Waals surface area (Å²) in [7, 11) is 0. The first kappa shape index (κ1) is 20.6. The number of imide groups is 1. The molecule has 31 heavy (non-hydrogen) atoms. The Morgan fingerprint density at radius 3 is 2.68 bits per heavy atom. The molecule has 3 aromatic rings. The van der Waals surface area contributed by atoms with Crippen LogP contribution in [-0.4, -0.2) is 34.3 Å². The number of hydrogen-bond donors (Lipinski definition) is 2. The van der Waals surface area contributed by atoms with Gasteiger partial charge in [0.15, 0.2) is 5.13 Å². The smallest absolute Gasteiger partial charge is 0.319 e. The van der Waals surface area contributed by atoms with Crippen molar-refractivity contribution in [1.82, 2.24) is 15.2 Å². The Balaban J connectivity index is 1.46. The van der Waals surface area contributed by atoms with Crippen molar-refractivity contribution >= 4 is 34.3 Å². The number of carbonyl (C=O) groups is 3. The predicted octanol–water partition coefficient (Wildman–Crippen LogP) is 3.49. The molecule has 2 aromatic carbocycles. The lowest BCUT2D eigenvalue weighted by Gasteiger charge is -2.21. The van der Waals surface area contributed by atoms with Crippen LogP contribution >= 0.6 is 11.3 Å². The molecule has 10 heteroatoms. The highest BCUT2D eigenvalue weighted by Crippen LogP contribution is 2.29. The minimum Gasteiger partial charge on any atom is -0.319 e. The van der Waals surface area contributed by atoms with Gasteiger partial charge in [0, 0.05) is 10.9 Å². The van der Waals surface area contributed by atoms with Crippen LogP contribution in [0.3, 0.4) is 0 Å². The Hall–Kier alpha value is -3.66. The molecule has 0 radical (unpaired) electrons. The third kappa shape index (κ3) is 3.89. The van der Waals surface area contributed by atoms with E-state index in [-0.39, 0.29) is 16.4 Å². The third-order valence-corrected chi connectivity index (χ3v) is 5.64. The van der Waals surface area contributed by atoms with Crippen molar-refractivity contribution in [1.29, 1.82) is 0 Å². The van der Waals surface area contributed by atoms with Crippen LogP contribution in [0, 0.1) is 11.6 Å². The number of benzene rings is 2. The minimum atomic E-state index is -1.28. The van der Waals surface area contributed by atoms with Gasteiger partial charge in [0.1, 0.15) is 23.7 Å². The molecule has 4 amide bonds. The summed E-state index contributed by atoms with van der Waals surface area (Å²) < 4.78 is 27.3. The molecule has 158 valence electrons.